The number of rotatable bonds is 0. The van der Waals surface area contributed by atoms with Crippen LogP contribution in [0.2, 0.25) is 0 Å². The molecule has 0 spiro atoms. The molecule has 1 N–H and O–H groups in total. The molecule has 1 aliphatic heterocycles. The van der Waals surface area contributed by atoms with Crippen molar-refractivity contribution in [1.29, 1.82) is 0 Å². The average Bonchev–Trinajstić information content (AvgIpc) is 2.46. The molecule has 4 rings (SSSR count). The van der Waals surface area contributed by atoms with E-state index in [9.17, 15) is 9.90 Å². The number of carbonyl (C=O) groups excluding carboxylic acids is 1. The van der Waals surface area contributed by atoms with Crippen molar-refractivity contribution in [2.75, 3.05) is 13.6 Å². The number of phenolic OH excluding ortho intramolecular Hbond substituents is 1. The van der Waals surface area contributed by atoms with Gasteiger partial charge in [-0.1, -0.05) is 12.1 Å². The number of ketones is 1. The number of piperidine rings is 1. The van der Waals surface area contributed by atoms with E-state index in [0.717, 1.165) is 43.4 Å². The Labute approximate surface area is 126 Å². The van der Waals surface area contributed by atoms with E-state index in [1.165, 1.54) is 5.56 Å². The summed E-state index contributed by atoms with van der Waals surface area (Å²) in [7, 11) is 2.21. The molecule has 1 aromatic rings. The highest BCUT2D eigenvalue weighted by Crippen LogP contribution is 2.57. The Bertz CT molecular complexity index is 624. The highest BCUT2D eigenvalue weighted by molar-refractivity contribution is 5.82. The van der Waals surface area contributed by atoms with Crippen molar-refractivity contribution in [2.45, 2.75) is 50.5 Å². The fourth-order valence-corrected chi connectivity index (χ4v) is 5.23. The maximum Gasteiger partial charge on any atom is 0.133 e. The summed E-state index contributed by atoms with van der Waals surface area (Å²) in [5.41, 5.74) is 3.22. The van der Waals surface area contributed by atoms with Crippen LogP contribution in [0.25, 0.3) is 0 Å². The van der Waals surface area contributed by atoms with Crippen molar-refractivity contribution in [2.24, 2.45) is 5.92 Å². The molecule has 3 atom stereocenters. The Morgan fingerprint density at radius 1 is 1.38 bits per heavy atom. The number of aryl methyl sites for hydroxylation is 1. The van der Waals surface area contributed by atoms with Crippen LogP contribution in [-0.4, -0.2) is 35.4 Å². The summed E-state index contributed by atoms with van der Waals surface area (Å²) in [6.45, 7) is 2.99. The first-order valence-electron chi connectivity index (χ1n) is 8.07. The van der Waals surface area contributed by atoms with Gasteiger partial charge in [0.05, 0.1) is 0 Å². The van der Waals surface area contributed by atoms with Gasteiger partial charge in [0.2, 0.25) is 0 Å². The summed E-state index contributed by atoms with van der Waals surface area (Å²) in [5.74, 6) is 1.35. The van der Waals surface area contributed by atoms with Gasteiger partial charge in [0.25, 0.3) is 0 Å². The van der Waals surface area contributed by atoms with E-state index in [1.807, 2.05) is 13.0 Å². The third kappa shape index (κ3) is 1.67. The molecule has 3 heteroatoms. The molecule has 112 valence electrons. The number of nitrogens with zero attached hydrogens (tertiary/aromatic N) is 1. The molecule has 2 aliphatic carbocycles. The topological polar surface area (TPSA) is 40.5 Å². The highest BCUT2D eigenvalue weighted by atomic mass is 16.3. The first-order valence-corrected chi connectivity index (χ1v) is 8.07. The lowest BCUT2D eigenvalue weighted by molar-refractivity contribution is -0.126. The van der Waals surface area contributed by atoms with Crippen LogP contribution in [-0.2, 0) is 16.6 Å². The lowest BCUT2D eigenvalue weighted by Crippen LogP contribution is -2.60. The molecule has 0 radical (unpaired) electrons. The van der Waals surface area contributed by atoms with E-state index < -0.39 is 0 Å². The van der Waals surface area contributed by atoms with E-state index in [-0.39, 0.29) is 5.41 Å². The maximum atomic E-state index is 12.2. The number of hydrogen-bond acceptors (Lipinski definition) is 3. The Hall–Kier alpha value is -1.35. The van der Waals surface area contributed by atoms with Gasteiger partial charge in [0.15, 0.2) is 0 Å². The van der Waals surface area contributed by atoms with Crippen molar-refractivity contribution in [3.05, 3.63) is 28.8 Å². The van der Waals surface area contributed by atoms with Gasteiger partial charge < -0.3 is 10.0 Å². The summed E-state index contributed by atoms with van der Waals surface area (Å²) in [6, 6.07) is 4.72. The Kier molecular flexibility index (Phi) is 2.74. The van der Waals surface area contributed by atoms with Crippen LogP contribution < -0.4 is 0 Å². The fraction of sp³-hybridized carbons (Fsp3) is 0.611. The van der Waals surface area contributed by atoms with Crippen molar-refractivity contribution in [3.63, 3.8) is 0 Å². The zero-order chi connectivity index (χ0) is 14.8. The normalized spacial score (nSPS) is 35.2. The lowest BCUT2D eigenvalue weighted by atomic mass is 9.52. The summed E-state index contributed by atoms with van der Waals surface area (Å²) in [5, 5.41) is 10.7. The van der Waals surface area contributed by atoms with Crippen LogP contribution in [0, 0.1) is 12.8 Å². The molecular weight excluding hydrogens is 262 g/mol. The number of likely N-dealkylation sites (N-methyl/N-ethyl adjacent to an activating group) is 1. The first kappa shape index (κ1) is 13.3. The minimum Gasteiger partial charge on any atom is -0.507 e. The van der Waals surface area contributed by atoms with E-state index in [1.54, 1.807) is 0 Å². The predicted molar refractivity (Wildman–Crippen MR) is 81.6 cm³/mol. The average molecular weight is 285 g/mol. The third-order valence-electron chi connectivity index (χ3n) is 6.29. The number of Topliss-reactive ketones (excluding diaryl/α,β-unsaturated/α-hetero) is 1. The van der Waals surface area contributed by atoms with Crippen LogP contribution >= 0.6 is 0 Å². The van der Waals surface area contributed by atoms with Crippen LogP contribution in [0.5, 0.6) is 5.75 Å². The molecule has 21 heavy (non-hydrogen) atoms. The second kappa shape index (κ2) is 4.33. The predicted octanol–water partition coefficient (Wildman–Crippen LogP) is 2.57. The summed E-state index contributed by atoms with van der Waals surface area (Å²) in [4.78, 5) is 14.7. The van der Waals surface area contributed by atoms with Gasteiger partial charge in [-0.05, 0) is 56.8 Å². The van der Waals surface area contributed by atoms with Crippen molar-refractivity contribution in [1.82, 2.24) is 4.90 Å². The first-order chi connectivity index (χ1) is 10.0. The summed E-state index contributed by atoms with van der Waals surface area (Å²) >= 11 is 0. The standard InChI is InChI=1S/C18H23NO2/c1-11-3-4-12-9-15-14-6-5-13(20)10-18(14,7-8-19(15)2)16(12)17(11)21/h3-4,14-15,21H,5-10H2,1-2H3/t14-,15+,18-/m0/s1. The molecule has 0 unspecified atom stereocenters. The molecule has 2 fully saturated rings. The fourth-order valence-electron chi connectivity index (χ4n) is 5.23. The molecule has 3 nitrogen and oxygen atoms in total. The van der Waals surface area contributed by atoms with E-state index >= 15 is 0 Å². The van der Waals surface area contributed by atoms with Crippen molar-refractivity contribution < 1.29 is 9.90 Å². The van der Waals surface area contributed by atoms with Gasteiger partial charge in [-0.3, -0.25) is 4.79 Å². The molecule has 1 saturated carbocycles. The molecule has 0 amide bonds. The summed E-state index contributed by atoms with van der Waals surface area (Å²) in [6.07, 6.45) is 4.35. The van der Waals surface area contributed by atoms with Gasteiger partial charge in [-0.25, -0.2) is 0 Å². The van der Waals surface area contributed by atoms with Gasteiger partial charge >= 0.3 is 0 Å². The largest absolute Gasteiger partial charge is 0.507 e. The van der Waals surface area contributed by atoms with Gasteiger partial charge in [-0.15, -0.1) is 0 Å². The monoisotopic (exact) mass is 285 g/mol. The molecule has 1 aromatic carbocycles. The zero-order valence-electron chi connectivity index (χ0n) is 12.9. The smallest absolute Gasteiger partial charge is 0.133 e. The van der Waals surface area contributed by atoms with E-state index in [2.05, 4.69) is 18.0 Å². The second-order valence-corrected chi connectivity index (χ2v) is 7.28. The highest BCUT2D eigenvalue weighted by Gasteiger charge is 2.55. The van der Waals surface area contributed by atoms with Crippen LogP contribution in [0.4, 0.5) is 0 Å². The van der Waals surface area contributed by atoms with Crippen LogP contribution in [0.1, 0.15) is 42.4 Å². The van der Waals surface area contributed by atoms with Crippen molar-refractivity contribution in [3.8, 4) is 5.75 Å². The number of carbonyl (C=O) groups is 1. The molecule has 1 heterocycles. The van der Waals surface area contributed by atoms with Gasteiger partial charge in [-0.2, -0.15) is 0 Å². The SMILES string of the molecule is Cc1ccc2c(c1O)[C@]13CCN(C)[C@H](C2)[C@@H]1CCC(=O)C3. The summed E-state index contributed by atoms with van der Waals surface area (Å²) < 4.78 is 0. The molecule has 2 bridgehead atoms. The second-order valence-electron chi connectivity index (χ2n) is 7.28. The minimum absolute atomic E-state index is 0.101. The zero-order valence-corrected chi connectivity index (χ0v) is 12.9. The van der Waals surface area contributed by atoms with E-state index in [0.29, 0.717) is 29.9 Å². The number of phenols is 1. The molecule has 0 aromatic heterocycles. The minimum atomic E-state index is -0.101. The Morgan fingerprint density at radius 2 is 2.19 bits per heavy atom. The number of benzene rings is 1. The van der Waals surface area contributed by atoms with Gasteiger partial charge in [0, 0.05) is 29.9 Å². The third-order valence-corrected chi connectivity index (χ3v) is 6.29. The van der Waals surface area contributed by atoms with E-state index in [4.69, 9.17) is 0 Å². The number of fused-ring (bicyclic) bond motifs is 1. The maximum absolute atomic E-state index is 12.2. The number of hydrogen-bond donors (Lipinski definition) is 1. The lowest BCUT2D eigenvalue weighted by Gasteiger charge is -2.58. The molecule has 3 aliphatic rings. The Balaban J connectivity index is 1.96. The van der Waals surface area contributed by atoms with Crippen LogP contribution in [0.3, 0.4) is 0 Å². The van der Waals surface area contributed by atoms with Crippen molar-refractivity contribution >= 4 is 5.78 Å². The van der Waals surface area contributed by atoms with Crippen LogP contribution in [0.15, 0.2) is 12.1 Å². The Morgan fingerprint density at radius 3 is 3.00 bits per heavy atom. The quantitative estimate of drug-likeness (QED) is 0.796. The van der Waals surface area contributed by atoms with Gasteiger partial charge in [0.1, 0.15) is 11.5 Å². The molecular formula is C18H23NO2. The number of likely N-dealkylation sites (tertiary alicyclic amines) is 1. The number of aromatic hydroxyl groups is 1. The molecule has 1 saturated heterocycles.